The Morgan fingerprint density at radius 3 is 3.00 bits per heavy atom. The van der Waals surface area contributed by atoms with Crippen molar-refractivity contribution in [1.82, 2.24) is 15.3 Å². The Bertz CT molecular complexity index is 986. The second-order valence-electron chi connectivity index (χ2n) is 6.84. The molecular formula is C21H23N3O3S. The summed E-state index contributed by atoms with van der Waals surface area (Å²) in [6.07, 6.45) is 7.28. The number of ether oxygens (including phenoxy) is 2. The van der Waals surface area contributed by atoms with Gasteiger partial charge in [0.15, 0.2) is 6.61 Å². The van der Waals surface area contributed by atoms with Crippen molar-refractivity contribution in [1.29, 1.82) is 0 Å². The molecule has 0 atom stereocenters. The Morgan fingerprint density at radius 1 is 1.21 bits per heavy atom. The Labute approximate surface area is 167 Å². The van der Waals surface area contributed by atoms with E-state index in [1.54, 1.807) is 18.4 Å². The minimum absolute atomic E-state index is 0.0687. The lowest BCUT2D eigenvalue weighted by Gasteiger charge is -2.09. The fraction of sp³-hybridized carbons (Fsp3) is 0.381. The lowest BCUT2D eigenvalue weighted by atomic mass is 10.1. The zero-order chi connectivity index (χ0) is 19.3. The highest BCUT2D eigenvalue weighted by Crippen LogP contribution is 2.38. The Morgan fingerprint density at radius 2 is 2.11 bits per heavy atom. The highest BCUT2D eigenvalue weighted by atomic mass is 32.1. The lowest BCUT2D eigenvalue weighted by molar-refractivity contribution is -0.123. The van der Waals surface area contributed by atoms with Gasteiger partial charge in [0, 0.05) is 11.4 Å². The van der Waals surface area contributed by atoms with E-state index in [0.717, 1.165) is 34.4 Å². The van der Waals surface area contributed by atoms with E-state index in [1.807, 2.05) is 24.3 Å². The highest BCUT2D eigenvalue weighted by molar-refractivity contribution is 7.18. The van der Waals surface area contributed by atoms with Gasteiger partial charge in [-0.2, -0.15) is 0 Å². The molecule has 0 bridgehead atoms. The molecule has 6 nitrogen and oxygen atoms in total. The molecule has 1 aromatic carbocycles. The van der Waals surface area contributed by atoms with Crippen LogP contribution in [0, 0.1) is 0 Å². The number of rotatable bonds is 6. The molecule has 0 aliphatic heterocycles. The molecule has 1 amide bonds. The molecular weight excluding hydrogens is 374 g/mol. The van der Waals surface area contributed by atoms with Crippen molar-refractivity contribution in [2.45, 2.75) is 38.6 Å². The smallest absolute Gasteiger partial charge is 0.258 e. The number of thiophene rings is 1. The quantitative estimate of drug-likeness (QED) is 0.643. The van der Waals surface area contributed by atoms with Gasteiger partial charge in [0.2, 0.25) is 5.88 Å². The van der Waals surface area contributed by atoms with E-state index in [-0.39, 0.29) is 12.5 Å². The van der Waals surface area contributed by atoms with Crippen molar-refractivity contribution in [3.63, 3.8) is 0 Å². The molecule has 4 rings (SSSR count). The molecule has 0 radical (unpaired) electrons. The van der Waals surface area contributed by atoms with Gasteiger partial charge in [-0.25, -0.2) is 9.97 Å². The number of benzene rings is 1. The van der Waals surface area contributed by atoms with Crippen molar-refractivity contribution >= 4 is 27.5 Å². The first-order chi connectivity index (χ1) is 13.7. The zero-order valence-corrected chi connectivity index (χ0v) is 16.7. The van der Waals surface area contributed by atoms with E-state index in [4.69, 9.17) is 9.47 Å². The summed E-state index contributed by atoms with van der Waals surface area (Å²) in [5, 5.41) is 3.87. The number of fused-ring (bicyclic) bond motifs is 3. The average Bonchev–Trinajstić information content (AvgIpc) is 2.92. The van der Waals surface area contributed by atoms with Gasteiger partial charge < -0.3 is 14.8 Å². The predicted molar refractivity (Wildman–Crippen MR) is 109 cm³/mol. The van der Waals surface area contributed by atoms with E-state index in [0.29, 0.717) is 12.4 Å². The van der Waals surface area contributed by atoms with Gasteiger partial charge in [-0.1, -0.05) is 18.6 Å². The van der Waals surface area contributed by atoms with Gasteiger partial charge >= 0.3 is 0 Å². The molecule has 146 valence electrons. The SMILES string of the molecule is COc1cccc(CNC(=O)COc2ncnc3sc4c(c23)CCCCC4)c1. The number of aromatic nitrogens is 2. The molecule has 1 aliphatic carbocycles. The lowest BCUT2D eigenvalue weighted by Crippen LogP contribution is -2.28. The summed E-state index contributed by atoms with van der Waals surface area (Å²) in [6, 6.07) is 7.61. The van der Waals surface area contributed by atoms with Crippen LogP contribution in [0.2, 0.25) is 0 Å². The van der Waals surface area contributed by atoms with Crippen LogP contribution in [0.3, 0.4) is 0 Å². The maximum atomic E-state index is 12.3. The van der Waals surface area contributed by atoms with E-state index in [1.165, 1.54) is 36.0 Å². The third kappa shape index (κ3) is 4.09. The third-order valence-electron chi connectivity index (χ3n) is 4.93. The molecule has 0 saturated carbocycles. The molecule has 0 unspecified atom stereocenters. The number of nitrogens with zero attached hydrogens (tertiary/aromatic N) is 2. The first-order valence-corrected chi connectivity index (χ1v) is 10.3. The molecule has 1 aliphatic rings. The van der Waals surface area contributed by atoms with Crippen molar-refractivity contribution in [3.8, 4) is 11.6 Å². The van der Waals surface area contributed by atoms with Crippen molar-refractivity contribution in [2.24, 2.45) is 0 Å². The van der Waals surface area contributed by atoms with Crippen LogP contribution in [-0.4, -0.2) is 29.6 Å². The van der Waals surface area contributed by atoms with Crippen LogP contribution in [0.15, 0.2) is 30.6 Å². The fourth-order valence-electron chi connectivity index (χ4n) is 3.52. The van der Waals surface area contributed by atoms with Crippen LogP contribution < -0.4 is 14.8 Å². The highest BCUT2D eigenvalue weighted by Gasteiger charge is 2.20. The fourth-order valence-corrected chi connectivity index (χ4v) is 4.74. The number of carbonyl (C=O) groups excluding carboxylic acids is 1. The van der Waals surface area contributed by atoms with Crippen LogP contribution in [0.5, 0.6) is 11.6 Å². The second-order valence-corrected chi connectivity index (χ2v) is 7.92. The summed E-state index contributed by atoms with van der Waals surface area (Å²) in [4.78, 5) is 23.3. The van der Waals surface area contributed by atoms with Crippen molar-refractivity contribution in [3.05, 3.63) is 46.6 Å². The molecule has 1 N–H and O–H groups in total. The van der Waals surface area contributed by atoms with Crippen LogP contribution >= 0.6 is 11.3 Å². The number of amides is 1. The van der Waals surface area contributed by atoms with Gasteiger partial charge in [0.1, 0.15) is 16.9 Å². The number of carbonyl (C=O) groups is 1. The van der Waals surface area contributed by atoms with Crippen LogP contribution in [-0.2, 0) is 24.2 Å². The number of aryl methyl sites for hydroxylation is 2. The third-order valence-corrected chi connectivity index (χ3v) is 6.13. The summed E-state index contributed by atoms with van der Waals surface area (Å²) in [6.45, 7) is 0.354. The molecule has 2 heterocycles. The topological polar surface area (TPSA) is 73.3 Å². The summed E-state index contributed by atoms with van der Waals surface area (Å²) in [5.41, 5.74) is 2.28. The van der Waals surface area contributed by atoms with Gasteiger partial charge in [-0.15, -0.1) is 11.3 Å². The molecule has 0 fully saturated rings. The zero-order valence-electron chi connectivity index (χ0n) is 15.9. The van der Waals surface area contributed by atoms with Gasteiger partial charge in [0.05, 0.1) is 12.5 Å². The average molecular weight is 398 g/mol. The summed E-state index contributed by atoms with van der Waals surface area (Å²) >= 11 is 1.73. The standard InChI is InChI=1S/C21H23N3O3S/c1-26-15-7-5-6-14(10-15)11-22-18(25)12-27-20-19-16-8-3-2-4-9-17(16)28-21(19)24-13-23-20/h5-7,10,13H,2-4,8-9,11-12H2,1H3,(H,22,25). The van der Waals surface area contributed by atoms with Crippen LogP contribution in [0.1, 0.15) is 35.3 Å². The number of nitrogens with one attached hydrogen (secondary N) is 1. The first-order valence-electron chi connectivity index (χ1n) is 9.52. The molecule has 7 heteroatoms. The monoisotopic (exact) mass is 397 g/mol. The molecule has 0 saturated heterocycles. The van der Waals surface area contributed by atoms with Gasteiger partial charge in [-0.05, 0) is 48.9 Å². The largest absolute Gasteiger partial charge is 0.497 e. The minimum atomic E-state index is -0.184. The maximum absolute atomic E-state index is 12.3. The molecule has 0 spiro atoms. The Balaban J connectivity index is 1.42. The summed E-state index contributed by atoms with van der Waals surface area (Å²) in [7, 11) is 1.62. The minimum Gasteiger partial charge on any atom is -0.497 e. The van der Waals surface area contributed by atoms with Crippen molar-refractivity contribution in [2.75, 3.05) is 13.7 Å². The van der Waals surface area contributed by atoms with E-state index in [9.17, 15) is 4.79 Å². The predicted octanol–water partition coefficient (Wildman–Crippen LogP) is 3.66. The first kappa shape index (κ1) is 18.7. The molecule has 3 aromatic rings. The Kier molecular flexibility index (Phi) is 5.71. The summed E-state index contributed by atoms with van der Waals surface area (Å²) in [5.74, 6) is 1.10. The number of methoxy groups -OCH3 is 1. The summed E-state index contributed by atoms with van der Waals surface area (Å²) < 4.78 is 11.0. The Hall–Kier alpha value is -2.67. The van der Waals surface area contributed by atoms with Crippen molar-refractivity contribution < 1.29 is 14.3 Å². The van der Waals surface area contributed by atoms with Crippen LogP contribution in [0.25, 0.3) is 10.2 Å². The number of hydrogen-bond donors (Lipinski definition) is 1. The van der Waals surface area contributed by atoms with E-state index < -0.39 is 0 Å². The van der Waals surface area contributed by atoms with Gasteiger partial charge in [0.25, 0.3) is 5.91 Å². The van der Waals surface area contributed by atoms with E-state index >= 15 is 0 Å². The normalized spacial score (nSPS) is 13.6. The van der Waals surface area contributed by atoms with Crippen LogP contribution in [0.4, 0.5) is 0 Å². The van der Waals surface area contributed by atoms with Gasteiger partial charge in [-0.3, -0.25) is 4.79 Å². The second kappa shape index (κ2) is 8.56. The number of hydrogen-bond acceptors (Lipinski definition) is 6. The maximum Gasteiger partial charge on any atom is 0.258 e. The molecule has 28 heavy (non-hydrogen) atoms. The van der Waals surface area contributed by atoms with E-state index in [2.05, 4.69) is 15.3 Å². The molecule has 2 aromatic heterocycles.